The van der Waals surface area contributed by atoms with E-state index in [2.05, 4.69) is 0 Å². The molecule has 0 bridgehead atoms. The molecule has 1 rings (SSSR count). The molecule has 0 aromatic heterocycles. The van der Waals surface area contributed by atoms with E-state index in [1.165, 1.54) is 19.2 Å². The van der Waals surface area contributed by atoms with Crippen molar-refractivity contribution in [3.8, 4) is 5.75 Å². The van der Waals surface area contributed by atoms with Crippen LogP contribution >= 0.6 is 0 Å². The maximum absolute atomic E-state index is 12.0. The second kappa shape index (κ2) is 5.66. The zero-order valence-corrected chi connectivity index (χ0v) is 10.8. The first kappa shape index (κ1) is 15.6. The summed E-state index contributed by atoms with van der Waals surface area (Å²) in [5, 5.41) is 0. The standard InChI is InChI=1S/C10H13F3N2O3S/c1-18-8-3-2-7(14)6-9(8)19(16,17)15-5-4-10(11,12)13/h2-3,6,15H,4-5,14H2,1H3. The Morgan fingerprint density at radius 1 is 1.37 bits per heavy atom. The average Bonchev–Trinajstić information content (AvgIpc) is 2.27. The smallest absolute Gasteiger partial charge is 0.390 e. The van der Waals surface area contributed by atoms with Crippen molar-refractivity contribution < 1.29 is 26.3 Å². The van der Waals surface area contributed by atoms with E-state index in [0.717, 1.165) is 6.07 Å². The second-order valence-electron chi connectivity index (χ2n) is 3.67. The van der Waals surface area contributed by atoms with Crippen molar-refractivity contribution in [2.75, 3.05) is 19.4 Å². The molecule has 0 unspecified atom stereocenters. The van der Waals surface area contributed by atoms with Gasteiger partial charge in [-0.25, -0.2) is 13.1 Å². The highest BCUT2D eigenvalue weighted by Gasteiger charge is 2.28. The van der Waals surface area contributed by atoms with E-state index in [1.807, 2.05) is 4.72 Å². The molecule has 0 amide bonds. The van der Waals surface area contributed by atoms with Crippen LogP contribution in [-0.2, 0) is 10.0 Å². The van der Waals surface area contributed by atoms with Gasteiger partial charge in [0.05, 0.1) is 13.5 Å². The zero-order chi connectivity index (χ0) is 14.7. The molecule has 0 aliphatic rings. The lowest BCUT2D eigenvalue weighted by Gasteiger charge is -2.12. The number of hydrogen-bond acceptors (Lipinski definition) is 4. The van der Waals surface area contributed by atoms with E-state index in [4.69, 9.17) is 10.5 Å². The van der Waals surface area contributed by atoms with Gasteiger partial charge in [-0.05, 0) is 18.2 Å². The first-order valence-electron chi connectivity index (χ1n) is 5.15. The number of benzene rings is 1. The second-order valence-corrected chi connectivity index (χ2v) is 5.41. The minimum atomic E-state index is -4.43. The van der Waals surface area contributed by atoms with Crippen molar-refractivity contribution in [3.05, 3.63) is 18.2 Å². The third-order valence-corrected chi connectivity index (χ3v) is 3.66. The number of rotatable bonds is 5. The molecule has 0 aliphatic heterocycles. The Hall–Kier alpha value is -1.48. The van der Waals surface area contributed by atoms with Crippen molar-refractivity contribution in [1.82, 2.24) is 4.72 Å². The molecule has 1 aromatic rings. The van der Waals surface area contributed by atoms with Crippen LogP contribution in [0.3, 0.4) is 0 Å². The Kier molecular flexibility index (Phi) is 4.64. The maximum Gasteiger partial charge on any atom is 0.390 e. The van der Waals surface area contributed by atoms with Crippen LogP contribution in [0.5, 0.6) is 5.75 Å². The maximum atomic E-state index is 12.0. The van der Waals surface area contributed by atoms with Crippen molar-refractivity contribution >= 4 is 15.7 Å². The molecule has 5 nitrogen and oxygen atoms in total. The summed E-state index contributed by atoms with van der Waals surface area (Å²) in [6.45, 7) is -0.746. The lowest BCUT2D eigenvalue weighted by atomic mass is 10.3. The summed E-state index contributed by atoms with van der Waals surface area (Å²) < 4.78 is 66.2. The molecule has 0 radical (unpaired) electrons. The highest BCUT2D eigenvalue weighted by Crippen LogP contribution is 2.26. The summed E-state index contributed by atoms with van der Waals surface area (Å²) in [5.41, 5.74) is 5.61. The number of methoxy groups -OCH3 is 1. The number of sulfonamides is 1. The first-order valence-corrected chi connectivity index (χ1v) is 6.64. The quantitative estimate of drug-likeness (QED) is 0.807. The van der Waals surface area contributed by atoms with Crippen LogP contribution in [0.1, 0.15) is 6.42 Å². The number of nitrogens with two attached hydrogens (primary N) is 1. The average molecular weight is 298 g/mol. The molecule has 19 heavy (non-hydrogen) atoms. The number of alkyl halides is 3. The number of hydrogen-bond donors (Lipinski definition) is 2. The summed E-state index contributed by atoms with van der Waals surface area (Å²) in [6, 6.07) is 3.87. The highest BCUT2D eigenvalue weighted by molar-refractivity contribution is 7.89. The van der Waals surface area contributed by atoms with Crippen molar-refractivity contribution in [2.45, 2.75) is 17.5 Å². The van der Waals surface area contributed by atoms with Crippen LogP contribution in [0.2, 0.25) is 0 Å². The predicted molar refractivity (Wildman–Crippen MR) is 63.3 cm³/mol. The van der Waals surface area contributed by atoms with E-state index >= 15 is 0 Å². The van der Waals surface area contributed by atoms with E-state index in [1.54, 1.807) is 0 Å². The van der Waals surface area contributed by atoms with Crippen LogP contribution in [0, 0.1) is 0 Å². The normalized spacial score (nSPS) is 12.4. The summed E-state index contributed by atoms with van der Waals surface area (Å²) in [4.78, 5) is -0.294. The molecule has 1 aromatic carbocycles. The van der Waals surface area contributed by atoms with E-state index in [0.29, 0.717) is 0 Å². The summed E-state index contributed by atoms with van der Waals surface area (Å²) in [6.07, 6.45) is -5.68. The number of ether oxygens (including phenoxy) is 1. The molecule has 3 N–H and O–H groups in total. The predicted octanol–water partition coefficient (Wildman–Crippen LogP) is 1.51. The lowest BCUT2D eigenvalue weighted by molar-refractivity contribution is -0.132. The van der Waals surface area contributed by atoms with Gasteiger partial charge in [-0.2, -0.15) is 13.2 Å². The molecule has 0 atom stereocenters. The van der Waals surface area contributed by atoms with Crippen LogP contribution in [-0.4, -0.2) is 28.2 Å². The molecule has 0 fully saturated rings. The van der Waals surface area contributed by atoms with Gasteiger partial charge in [0.25, 0.3) is 0 Å². The molecule has 0 saturated carbocycles. The van der Waals surface area contributed by atoms with Crippen molar-refractivity contribution in [3.63, 3.8) is 0 Å². The third kappa shape index (κ3) is 4.60. The fourth-order valence-corrected chi connectivity index (χ4v) is 2.54. The Balaban J connectivity index is 2.91. The van der Waals surface area contributed by atoms with Crippen LogP contribution in [0.15, 0.2) is 23.1 Å². The van der Waals surface area contributed by atoms with E-state index in [-0.39, 0.29) is 16.3 Å². The van der Waals surface area contributed by atoms with Crippen molar-refractivity contribution in [1.29, 1.82) is 0 Å². The molecular formula is C10H13F3N2O3S. The SMILES string of the molecule is COc1ccc(N)cc1S(=O)(=O)NCCC(F)(F)F. The Bertz CT molecular complexity index is 543. The van der Waals surface area contributed by atoms with Gasteiger partial charge in [-0.1, -0.05) is 0 Å². The van der Waals surface area contributed by atoms with Gasteiger partial charge >= 0.3 is 6.18 Å². The molecule has 0 aliphatic carbocycles. The number of nitrogen functional groups attached to an aromatic ring is 1. The topological polar surface area (TPSA) is 81.4 Å². The summed E-state index contributed by atoms with van der Waals surface area (Å²) in [7, 11) is -2.85. The molecule has 0 saturated heterocycles. The van der Waals surface area contributed by atoms with E-state index in [9.17, 15) is 21.6 Å². The van der Waals surface area contributed by atoms with E-state index < -0.39 is 29.2 Å². The molecule has 0 spiro atoms. The van der Waals surface area contributed by atoms with Gasteiger partial charge in [0, 0.05) is 12.2 Å². The van der Waals surface area contributed by atoms with Crippen LogP contribution < -0.4 is 15.2 Å². The van der Waals surface area contributed by atoms with Gasteiger partial charge in [0.1, 0.15) is 10.6 Å². The van der Waals surface area contributed by atoms with Gasteiger partial charge < -0.3 is 10.5 Å². The Morgan fingerprint density at radius 3 is 2.53 bits per heavy atom. The first-order chi connectivity index (χ1) is 8.65. The van der Waals surface area contributed by atoms with Crippen LogP contribution in [0.25, 0.3) is 0 Å². The Labute approximate surface area is 108 Å². The van der Waals surface area contributed by atoms with Gasteiger partial charge in [0.15, 0.2) is 0 Å². The third-order valence-electron chi connectivity index (χ3n) is 2.18. The molecule has 9 heteroatoms. The lowest BCUT2D eigenvalue weighted by Crippen LogP contribution is -2.28. The number of anilines is 1. The van der Waals surface area contributed by atoms with Gasteiger partial charge in [0.2, 0.25) is 10.0 Å². The largest absolute Gasteiger partial charge is 0.495 e. The number of nitrogens with one attached hydrogen (secondary N) is 1. The minimum absolute atomic E-state index is 0.00806. The van der Waals surface area contributed by atoms with Gasteiger partial charge in [-0.3, -0.25) is 0 Å². The molecular weight excluding hydrogens is 285 g/mol. The van der Waals surface area contributed by atoms with Crippen molar-refractivity contribution in [2.24, 2.45) is 0 Å². The fraction of sp³-hybridized carbons (Fsp3) is 0.400. The molecule has 108 valence electrons. The summed E-state index contributed by atoms with van der Waals surface area (Å²) >= 11 is 0. The zero-order valence-electron chi connectivity index (χ0n) is 9.99. The van der Waals surface area contributed by atoms with Crippen LogP contribution in [0.4, 0.5) is 18.9 Å². The fourth-order valence-electron chi connectivity index (χ4n) is 1.31. The minimum Gasteiger partial charge on any atom is -0.495 e. The summed E-state index contributed by atoms with van der Waals surface area (Å²) in [5.74, 6) is 0.00806. The highest BCUT2D eigenvalue weighted by atomic mass is 32.2. The van der Waals surface area contributed by atoms with Gasteiger partial charge in [-0.15, -0.1) is 0 Å². The number of halogens is 3. The monoisotopic (exact) mass is 298 g/mol. The molecule has 0 heterocycles. The Morgan fingerprint density at radius 2 is 2.00 bits per heavy atom.